The third-order valence-electron chi connectivity index (χ3n) is 6.54. The van der Waals surface area contributed by atoms with Gasteiger partial charge in [-0.25, -0.2) is 24.9 Å². The molecule has 0 aliphatic rings. The van der Waals surface area contributed by atoms with E-state index in [4.69, 9.17) is 4.98 Å². The Morgan fingerprint density at radius 1 is 0.526 bits per heavy atom. The maximum absolute atomic E-state index is 4.74. The van der Waals surface area contributed by atoms with Crippen LogP contribution in [0.2, 0.25) is 0 Å². The maximum Gasteiger partial charge on any atom is 0.234 e. The molecular weight excluding hydrogens is 583 g/mol. The summed E-state index contributed by atoms with van der Waals surface area (Å²) in [7, 11) is 0. The summed E-state index contributed by atoms with van der Waals surface area (Å²) in [6, 6.07) is 33.2. The first-order chi connectivity index (χ1) is 18.7. The lowest BCUT2D eigenvalue weighted by Gasteiger charge is -2.09. The molecule has 3 heterocycles. The minimum Gasteiger partial charge on any atom is -0.278 e. The minimum atomic E-state index is 0.642. The van der Waals surface area contributed by atoms with Crippen LogP contribution in [0.3, 0.4) is 0 Å². The molecule has 6 nitrogen and oxygen atoms in total. The molecule has 0 atom stereocenters. The van der Waals surface area contributed by atoms with E-state index < -0.39 is 0 Å². The molecule has 7 rings (SSSR count). The molecule has 0 N–H and O–H groups in total. The summed E-state index contributed by atoms with van der Waals surface area (Å²) in [6.45, 7) is 0. The Balaban J connectivity index is 1.36. The van der Waals surface area contributed by atoms with E-state index in [9.17, 15) is 0 Å². The van der Waals surface area contributed by atoms with E-state index in [1.54, 1.807) is 6.33 Å². The SMILES string of the molecule is Ic1cnc(-n2c3ccccc3c3ccc(-c4cccc(-c5ncnc(-c6ccccc6)n5)c4)cc32)nc1. The van der Waals surface area contributed by atoms with Crippen LogP contribution in [0.4, 0.5) is 0 Å². The molecule has 3 aromatic heterocycles. The van der Waals surface area contributed by atoms with E-state index in [0.29, 0.717) is 17.6 Å². The van der Waals surface area contributed by atoms with Crippen molar-refractivity contribution in [1.82, 2.24) is 29.5 Å². The number of halogens is 1. The first kappa shape index (κ1) is 22.7. The van der Waals surface area contributed by atoms with Crippen molar-refractivity contribution in [3.05, 3.63) is 119 Å². The fraction of sp³-hybridized carbons (Fsp3) is 0. The molecule has 4 aromatic carbocycles. The van der Waals surface area contributed by atoms with Gasteiger partial charge in [0.15, 0.2) is 11.6 Å². The topological polar surface area (TPSA) is 69.4 Å². The predicted molar refractivity (Wildman–Crippen MR) is 159 cm³/mol. The monoisotopic (exact) mass is 602 g/mol. The summed E-state index contributed by atoms with van der Waals surface area (Å²) < 4.78 is 3.13. The Morgan fingerprint density at radius 3 is 2.03 bits per heavy atom. The van der Waals surface area contributed by atoms with Crippen molar-refractivity contribution in [3.8, 4) is 39.9 Å². The standard InChI is InChI=1S/C31H19IN6/c32-24-17-33-31(34-18-24)38-27-12-5-4-11-25(27)26-14-13-22(16-28(26)38)21-9-6-10-23(15-21)30-36-19-35-29(37-30)20-7-2-1-3-8-20/h1-19H. The Morgan fingerprint density at radius 2 is 1.18 bits per heavy atom. The summed E-state index contributed by atoms with van der Waals surface area (Å²) in [4.78, 5) is 22.9. The summed E-state index contributed by atoms with van der Waals surface area (Å²) in [6.07, 6.45) is 5.26. The number of rotatable bonds is 4. The second-order valence-electron chi connectivity index (χ2n) is 8.87. The van der Waals surface area contributed by atoms with Crippen molar-refractivity contribution in [1.29, 1.82) is 0 Å². The molecule has 0 unspecified atom stereocenters. The minimum absolute atomic E-state index is 0.642. The van der Waals surface area contributed by atoms with Crippen LogP contribution in [0.15, 0.2) is 116 Å². The van der Waals surface area contributed by atoms with Crippen molar-refractivity contribution in [2.75, 3.05) is 0 Å². The first-order valence-electron chi connectivity index (χ1n) is 12.1. The molecule has 180 valence electrons. The zero-order chi connectivity index (χ0) is 25.5. The Bertz CT molecular complexity index is 1930. The van der Waals surface area contributed by atoms with Gasteiger partial charge >= 0.3 is 0 Å². The van der Waals surface area contributed by atoms with Gasteiger partial charge in [-0.2, -0.15) is 0 Å². The van der Waals surface area contributed by atoms with E-state index in [1.807, 2.05) is 60.9 Å². The van der Waals surface area contributed by atoms with Crippen molar-refractivity contribution in [2.24, 2.45) is 0 Å². The van der Waals surface area contributed by atoms with Crippen LogP contribution in [0.5, 0.6) is 0 Å². The number of hydrogen-bond donors (Lipinski definition) is 0. The molecule has 0 aliphatic heterocycles. The van der Waals surface area contributed by atoms with Crippen LogP contribution < -0.4 is 0 Å². The van der Waals surface area contributed by atoms with Gasteiger partial charge in [-0.1, -0.05) is 78.9 Å². The molecule has 0 spiro atoms. The number of hydrogen-bond acceptors (Lipinski definition) is 5. The number of fused-ring (bicyclic) bond motifs is 3. The van der Waals surface area contributed by atoms with Crippen LogP contribution in [0.25, 0.3) is 61.7 Å². The predicted octanol–water partition coefficient (Wildman–Crippen LogP) is 7.36. The van der Waals surface area contributed by atoms with Crippen molar-refractivity contribution < 1.29 is 0 Å². The zero-order valence-electron chi connectivity index (χ0n) is 20.0. The molecule has 0 fully saturated rings. The van der Waals surface area contributed by atoms with Gasteiger partial charge in [0.05, 0.1) is 11.0 Å². The maximum atomic E-state index is 4.74. The molecular formula is C31H19IN6. The van der Waals surface area contributed by atoms with Crippen molar-refractivity contribution in [2.45, 2.75) is 0 Å². The Hall–Kier alpha value is -4.50. The highest BCUT2D eigenvalue weighted by Gasteiger charge is 2.15. The highest BCUT2D eigenvalue weighted by atomic mass is 127. The summed E-state index contributed by atoms with van der Waals surface area (Å²) >= 11 is 2.23. The van der Waals surface area contributed by atoms with E-state index in [2.05, 4.69) is 95.6 Å². The van der Waals surface area contributed by atoms with Crippen LogP contribution in [-0.4, -0.2) is 29.5 Å². The molecule has 7 heteroatoms. The molecule has 0 amide bonds. The highest BCUT2D eigenvalue weighted by Crippen LogP contribution is 2.34. The van der Waals surface area contributed by atoms with Crippen LogP contribution in [0.1, 0.15) is 0 Å². The summed E-state index contributed by atoms with van der Waals surface area (Å²) in [5, 5.41) is 2.33. The van der Waals surface area contributed by atoms with E-state index >= 15 is 0 Å². The highest BCUT2D eigenvalue weighted by molar-refractivity contribution is 14.1. The van der Waals surface area contributed by atoms with Gasteiger partial charge in [-0.05, 0) is 51.9 Å². The quantitative estimate of drug-likeness (QED) is 0.197. The largest absolute Gasteiger partial charge is 0.278 e. The van der Waals surface area contributed by atoms with Crippen LogP contribution in [-0.2, 0) is 0 Å². The van der Waals surface area contributed by atoms with Crippen LogP contribution >= 0.6 is 22.6 Å². The van der Waals surface area contributed by atoms with Crippen molar-refractivity contribution in [3.63, 3.8) is 0 Å². The molecule has 0 saturated carbocycles. The van der Waals surface area contributed by atoms with Gasteiger partial charge in [0.2, 0.25) is 5.95 Å². The molecule has 0 aliphatic carbocycles. The lowest BCUT2D eigenvalue weighted by molar-refractivity contribution is 0.982. The number of aromatic nitrogens is 6. The Kier molecular flexibility index (Phi) is 5.62. The smallest absolute Gasteiger partial charge is 0.234 e. The number of benzene rings is 4. The van der Waals surface area contributed by atoms with Gasteiger partial charge in [0, 0.05) is 37.9 Å². The van der Waals surface area contributed by atoms with Gasteiger partial charge in [-0.15, -0.1) is 0 Å². The fourth-order valence-corrected chi connectivity index (χ4v) is 5.06. The summed E-state index contributed by atoms with van der Waals surface area (Å²) in [5.41, 5.74) is 6.19. The molecule has 0 radical (unpaired) electrons. The number of nitrogens with zero attached hydrogens (tertiary/aromatic N) is 6. The lowest BCUT2D eigenvalue weighted by atomic mass is 10.0. The van der Waals surface area contributed by atoms with Gasteiger partial charge in [0.25, 0.3) is 0 Å². The van der Waals surface area contributed by atoms with E-state index in [1.165, 1.54) is 5.39 Å². The fourth-order valence-electron chi connectivity index (χ4n) is 4.79. The average Bonchev–Trinajstić information content (AvgIpc) is 3.32. The third kappa shape index (κ3) is 4.01. The molecule has 38 heavy (non-hydrogen) atoms. The summed E-state index contributed by atoms with van der Waals surface area (Å²) in [5.74, 6) is 1.95. The molecule has 7 aromatic rings. The van der Waals surface area contributed by atoms with E-state index in [0.717, 1.165) is 42.2 Å². The average molecular weight is 602 g/mol. The van der Waals surface area contributed by atoms with Gasteiger partial charge in [0.1, 0.15) is 6.33 Å². The lowest BCUT2D eigenvalue weighted by Crippen LogP contribution is -2.00. The second kappa shape index (κ2) is 9.42. The third-order valence-corrected chi connectivity index (χ3v) is 7.10. The normalized spacial score (nSPS) is 11.3. The second-order valence-corrected chi connectivity index (χ2v) is 10.1. The molecule has 0 bridgehead atoms. The zero-order valence-corrected chi connectivity index (χ0v) is 22.2. The van der Waals surface area contributed by atoms with Crippen LogP contribution in [0, 0.1) is 3.57 Å². The number of para-hydroxylation sites is 1. The van der Waals surface area contributed by atoms with Gasteiger partial charge < -0.3 is 0 Å². The Labute approximate surface area is 232 Å². The van der Waals surface area contributed by atoms with Gasteiger partial charge in [-0.3, -0.25) is 4.57 Å². The molecule has 0 saturated heterocycles. The van der Waals surface area contributed by atoms with E-state index in [-0.39, 0.29) is 0 Å². The van der Waals surface area contributed by atoms with Crippen molar-refractivity contribution >= 4 is 44.4 Å². The first-order valence-corrected chi connectivity index (χ1v) is 13.2.